The molecule has 1 aromatic rings. The number of anilines is 1. The number of ether oxygens (including phenoxy) is 1. The third-order valence-corrected chi connectivity index (χ3v) is 2.89. The lowest BCUT2D eigenvalue weighted by Crippen LogP contribution is -2.28. The maximum Gasteiger partial charge on any atom is 0.227 e. The minimum Gasteiger partial charge on any atom is -0.494 e. The number of carbonyl (C=O) groups excluding carboxylic acids is 1. The lowest BCUT2D eigenvalue weighted by molar-refractivity contribution is -0.122. The Bertz CT molecular complexity index is 402. The molecule has 0 aromatic heterocycles. The topological polar surface area (TPSA) is 38.3 Å². The van der Waals surface area contributed by atoms with E-state index in [0.29, 0.717) is 5.69 Å². The van der Waals surface area contributed by atoms with Crippen LogP contribution in [0.3, 0.4) is 0 Å². The van der Waals surface area contributed by atoms with Crippen molar-refractivity contribution in [3.05, 3.63) is 24.0 Å². The zero-order valence-electron chi connectivity index (χ0n) is 9.13. The van der Waals surface area contributed by atoms with E-state index in [-0.39, 0.29) is 17.6 Å². The van der Waals surface area contributed by atoms with Crippen molar-refractivity contribution in [1.82, 2.24) is 0 Å². The van der Waals surface area contributed by atoms with Gasteiger partial charge in [-0.2, -0.15) is 0 Å². The smallest absolute Gasteiger partial charge is 0.227 e. The van der Waals surface area contributed by atoms with Crippen molar-refractivity contribution in [3.8, 4) is 5.75 Å². The lowest BCUT2D eigenvalue weighted by atomic mass is 9.85. The van der Waals surface area contributed by atoms with Gasteiger partial charge in [0.05, 0.1) is 7.11 Å². The van der Waals surface area contributed by atoms with Gasteiger partial charge >= 0.3 is 0 Å². The van der Waals surface area contributed by atoms with Crippen LogP contribution in [0.1, 0.15) is 19.3 Å². The first-order valence-electron chi connectivity index (χ1n) is 5.35. The molecule has 1 aromatic carbocycles. The molecular formula is C12H14FNO2. The number of benzene rings is 1. The lowest BCUT2D eigenvalue weighted by Gasteiger charge is -2.24. The van der Waals surface area contributed by atoms with Crippen LogP contribution in [0.25, 0.3) is 0 Å². The van der Waals surface area contributed by atoms with Crippen molar-refractivity contribution in [3.63, 3.8) is 0 Å². The van der Waals surface area contributed by atoms with Gasteiger partial charge in [0.25, 0.3) is 0 Å². The molecule has 1 aliphatic carbocycles. The molecule has 16 heavy (non-hydrogen) atoms. The summed E-state index contributed by atoms with van der Waals surface area (Å²) >= 11 is 0. The Hall–Kier alpha value is -1.58. The fourth-order valence-electron chi connectivity index (χ4n) is 1.65. The zero-order valence-corrected chi connectivity index (χ0v) is 9.13. The van der Waals surface area contributed by atoms with E-state index >= 15 is 0 Å². The van der Waals surface area contributed by atoms with Crippen molar-refractivity contribution >= 4 is 11.6 Å². The molecule has 0 heterocycles. The van der Waals surface area contributed by atoms with Crippen molar-refractivity contribution in [2.45, 2.75) is 19.3 Å². The first-order valence-corrected chi connectivity index (χ1v) is 5.35. The Morgan fingerprint density at radius 3 is 2.81 bits per heavy atom. The predicted octanol–water partition coefficient (Wildman–Crippen LogP) is 2.57. The van der Waals surface area contributed by atoms with Crippen molar-refractivity contribution in [2.75, 3.05) is 12.4 Å². The molecule has 4 heteroatoms. The first kappa shape index (κ1) is 10.9. The molecule has 1 saturated carbocycles. The minimum absolute atomic E-state index is 0.0138. The largest absolute Gasteiger partial charge is 0.494 e. The van der Waals surface area contributed by atoms with Gasteiger partial charge < -0.3 is 10.1 Å². The van der Waals surface area contributed by atoms with E-state index < -0.39 is 5.82 Å². The van der Waals surface area contributed by atoms with Crippen LogP contribution in [-0.2, 0) is 4.79 Å². The third-order valence-electron chi connectivity index (χ3n) is 2.89. The van der Waals surface area contributed by atoms with Crippen LogP contribution in [0.5, 0.6) is 5.75 Å². The van der Waals surface area contributed by atoms with Crippen LogP contribution >= 0.6 is 0 Å². The summed E-state index contributed by atoms with van der Waals surface area (Å²) in [7, 11) is 1.40. The SMILES string of the molecule is COc1cc(NC(=O)C2CCC2)ccc1F. The monoisotopic (exact) mass is 223 g/mol. The average Bonchev–Trinajstić information content (AvgIpc) is 2.18. The van der Waals surface area contributed by atoms with Gasteiger partial charge in [-0.05, 0) is 25.0 Å². The fraction of sp³-hybridized carbons (Fsp3) is 0.417. The van der Waals surface area contributed by atoms with Gasteiger partial charge in [0.2, 0.25) is 5.91 Å². The number of hydrogen-bond donors (Lipinski definition) is 1. The average molecular weight is 223 g/mol. The summed E-state index contributed by atoms with van der Waals surface area (Å²) in [6.45, 7) is 0. The Balaban J connectivity index is 2.06. The number of hydrogen-bond acceptors (Lipinski definition) is 2. The molecule has 1 amide bonds. The Morgan fingerprint density at radius 2 is 2.25 bits per heavy atom. The van der Waals surface area contributed by atoms with Crippen LogP contribution in [0.2, 0.25) is 0 Å². The summed E-state index contributed by atoms with van der Waals surface area (Å²) in [6.07, 6.45) is 3.01. The summed E-state index contributed by atoms with van der Waals surface area (Å²) in [5.74, 6) is -0.147. The summed E-state index contributed by atoms with van der Waals surface area (Å²) < 4.78 is 17.9. The molecule has 0 atom stereocenters. The zero-order chi connectivity index (χ0) is 11.5. The number of nitrogens with one attached hydrogen (secondary N) is 1. The van der Waals surface area contributed by atoms with Crippen LogP contribution < -0.4 is 10.1 Å². The van der Waals surface area contributed by atoms with E-state index in [1.165, 1.54) is 25.3 Å². The number of carbonyl (C=O) groups is 1. The molecule has 0 unspecified atom stereocenters. The van der Waals surface area contributed by atoms with Gasteiger partial charge in [0.15, 0.2) is 11.6 Å². The second kappa shape index (κ2) is 4.51. The molecule has 1 fully saturated rings. The standard InChI is InChI=1S/C12H14FNO2/c1-16-11-7-9(5-6-10(11)13)14-12(15)8-3-2-4-8/h5-8H,2-4H2,1H3,(H,14,15). The second-order valence-electron chi connectivity index (χ2n) is 3.97. The molecule has 2 rings (SSSR count). The molecule has 86 valence electrons. The molecule has 1 aliphatic rings. The van der Waals surface area contributed by atoms with Gasteiger partial charge in [-0.3, -0.25) is 4.79 Å². The van der Waals surface area contributed by atoms with Gasteiger partial charge in [0.1, 0.15) is 0 Å². The highest BCUT2D eigenvalue weighted by Crippen LogP contribution is 2.28. The molecule has 0 radical (unpaired) electrons. The summed E-state index contributed by atoms with van der Waals surface area (Å²) in [5, 5.41) is 2.76. The van der Waals surface area contributed by atoms with Gasteiger partial charge in [-0.15, -0.1) is 0 Å². The highest BCUT2D eigenvalue weighted by Gasteiger charge is 2.25. The third kappa shape index (κ3) is 2.15. The van der Waals surface area contributed by atoms with Crippen molar-refractivity contribution in [2.24, 2.45) is 5.92 Å². The Morgan fingerprint density at radius 1 is 1.50 bits per heavy atom. The summed E-state index contributed by atoms with van der Waals surface area (Å²) in [5.41, 5.74) is 0.579. The maximum absolute atomic E-state index is 13.1. The van der Waals surface area contributed by atoms with Crippen LogP contribution in [0.4, 0.5) is 10.1 Å². The molecule has 0 aliphatic heterocycles. The summed E-state index contributed by atoms with van der Waals surface area (Å²) in [6, 6.07) is 4.32. The summed E-state index contributed by atoms with van der Waals surface area (Å²) in [4.78, 5) is 11.6. The quantitative estimate of drug-likeness (QED) is 0.855. The number of rotatable bonds is 3. The van der Waals surface area contributed by atoms with E-state index in [4.69, 9.17) is 4.74 Å². The molecule has 0 spiro atoms. The highest BCUT2D eigenvalue weighted by atomic mass is 19.1. The van der Waals surface area contributed by atoms with Gasteiger partial charge in [-0.25, -0.2) is 4.39 Å². The molecule has 0 bridgehead atoms. The van der Waals surface area contributed by atoms with E-state index in [0.717, 1.165) is 19.3 Å². The Labute approximate surface area is 93.6 Å². The van der Waals surface area contributed by atoms with Gasteiger partial charge in [0, 0.05) is 17.7 Å². The van der Waals surface area contributed by atoms with E-state index in [1.807, 2.05) is 0 Å². The molecule has 0 saturated heterocycles. The maximum atomic E-state index is 13.1. The van der Waals surface area contributed by atoms with E-state index in [1.54, 1.807) is 0 Å². The van der Waals surface area contributed by atoms with Crippen LogP contribution in [0.15, 0.2) is 18.2 Å². The van der Waals surface area contributed by atoms with Gasteiger partial charge in [-0.1, -0.05) is 6.42 Å². The second-order valence-corrected chi connectivity index (χ2v) is 3.97. The number of halogens is 1. The normalized spacial score (nSPS) is 15.4. The predicted molar refractivity (Wildman–Crippen MR) is 58.9 cm³/mol. The number of amides is 1. The molecular weight excluding hydrogens is 209 g/mol. The fourth-order valence-corrected chi connectivity index (χ4v) is 1.65. The van der Waals surface area contributed by atoms with Crippen molar-refractivity contribution in [1.29, 1.82) is 0 Å². The molecule has 3 nitrogen and oxygen atoms in total. The van der Waals surface area contributed by atoms with Crippen LogP contribution in [0, 0.1) is 11.7 Å². The van der Waals surface area contributed by atoms with E-state index in [9.17, 15) is 9.18 Å². The minimum atomic E-state index is -0.427. The number of methoxy groups -OCH3 is 1. The van der Waals surface area contributed by atoms with E-state index in [2.05, 4.69) is 5.32 Å². The molecule has 1 N–H and O–H groups in total. The first-order chi connectivity index (χ1) is 7.70. The Kier molecular flexibility index (Phi) is 3.08. The highest BCUT2D eigenvalue weighted by molar-refractivity contribution is 5.93. The van der Waals surface area contributed by atoms with Crippen LogP contribution in [-0.4, -0.2) is 13.0 Å². The van der Waals surface area contributed by atoms with Crippen molar-refractivity contribution < 1.29 is 13.9 Å².